The maximum absolute atomic E-state index is 10.6. The minimum absolute atomic E-state index is 0.111. The van der Waals surface area contributed by atoms with Crippen LogP contribution in [-0.4, -0.2) is 15.1 Å². The average Bonchev–Trinajstić information content (AvgIpc) is 2.75. The lowest BCUT2D eigenvalue weighted by molar-refractivity contribution is 0.515. The van der Waals surface area contributed by atoms with Gasteiger partial charge in [-0.05, 0) is 24.3 Å². The predicted molar refractivity (Wildman–Crippen MR) is 120 cm³/mol. The molecule has 3 nitrogen and oxygen atoms in total. The largest absolute Gasteiger partial charge is 0.507 e. The van der Waals surface area contributed by atoms with Crippen LogP contribution in [0.4, 0.5) is 0 Å². The standard InChI is InChI=1S/C24H16Cl2N2O/c25-20-12-6-4-10-18(20)22-14-17(15-23(29)16-8-2-1-3-9-16)27-24(28-22)19-11-5-7-13-21(19)26/h1-15,29H/b23-15-. The molecule has 0 bridgehead atoms. The molecule has 3 aromatic carbocycles. The van der Waals surface area contributed by atoms with Crippen molar-refractivity contribution >= 4 is 35.0 Å². The Kier molecular flexibility index (Phi) is 5.61. The van der Waals surface area contributed by atoms with Gasteiger partial charge in [-0.25, -0.2) is 9.97 Å². The predicted octanol–water partition coefficient (Wildman–Crippen LogP) is 7.17. The van der Waals surface area contributed by atoms with E-state index >= 15 is 0 Å². The molecule has 0 unspecified atom stereocenters. The summed E-state index contributed by atoms with van der Waals surface area (Å²) in [5.74, 6) is 0.569. The van der Waals surface area contributed by atoms with E-state index in [4.69, 9.17) is 23.2 Å². The zero-order valence-corrected chi connectivity index (χ0v) is 16.8. The van der Waals surface area contributed by atoms with Gasteiger partial charge in [0.1, 0.15) is 5.76 Å². The first kappa shape index (κ1) is 19.2. The molecular weight excluding hydrogens is 403 g/mol. The molecule has 5 heteroatoms. The fourth-order valence-corrected chi connectivity index (χ4v) is 3.39. The van der Waals surface area contributed by atoms with Crippen molar-refractivity contribution in [3.8, 4) is 22.6 Å². The minimum Gasteiger partial charge on any atom is -0.507 e. The third-order valence-corrected chi connectivity index (χ3v) is 5.02. The molecule has 0 radical (unpaired) electrons. The SMILES string of the molecule is O/C(=C\c1cc(-c2ccccc2Cl)nc(-c2ccccc2Cl)n1)c1ccccc1. The number of hydrogen-bond acceptors (Lipinski definition) is 3. The van der Waals surface area contributed by atoms with Gasteiger partial charge in [-0.2, -0.15) is 0 Å². The summed E-state index contributed by atoms with van der Waals surface area (Å²) in [5, 5.41) is 11.7. The summed E-state index contributed by atoms with van der Waals surface area (Å²) in [5.41, 5.74) is 3.37. The molecule has 29 heavy (non-hydrogen) atoms. The lowest BCUT2D eigenvalue weighted by Crippen LogP contribution is -1.97. The van der Waals surface area contributed by atoms with Gasteiger partial charge in [0, 0.05) is 27.8 Å². The van der Waals surface area contributed by atoms with Crippen LogP contribution in [0.15, 0.2) is 84.9 Å². The van der Waals surface area contributed by atoms with E-state index in [1.165, 1.54) is 0 Å². The lowest BCUT2D eigenvalue weighted by atomic mass is 10.1. The third kappa shape index (κ3) is 4.32. The molecule has 0 atom stereocenters. The summed E-state index contributed by atoms with van der Waals surface area (Å²) in [6.07, 6.45) is 1.61. The molecule has 0 aliphatic carbocycles. The molecule has 4 aromatic rings. The van der Waals surface area contributed by atoms with Gasteiger partial charge in [0.2, 0.25) is 0 Å². The fourth-order valence-electron chi connectivity index (χ4n) is 2.94. The number of aliphatic hydroxyl groups is 1. The first-order chi connectivity index (χ1) is 14.1. The second kappa shape index (κ2) is 8.48. The van der Waals surface area contributed by atoms with Crippen molar-refractivity contribution in [1.82, 2.24) is 9.97 Å². The number of aromatic nitrogens is 2. The van der Waals surface area contributed by atoms with Crippen molar-refractivity contribution in [3.05, 3.63) is 106 Å². The quantitative estimate of drug-likeness (QED) is 0.357. The van der Waals surface area contributed by atoms with E-state index in [2.05, 4.69) is 9.97 Å². The van der Waals surface area contributed by atoms with Crippen molar-refractivity contribution in [1.29, 1.82) is 0 Å². The zero-order chi connectivity index (χ0) is 20.2. The Labute approximate surface area is 178 Å². The van der Waals surface area contributed by atoms with Gasteiger partial charge < -0.3 is 5.11 Å². The van der Waals surface area contributed by atoms with E-state index < -0.39 is 0 Å². The van der Waals surface area contributed by atoms with Crippen LogP contribution in [0.3, 0.4) is 0 Å². The second-order valence-electron chi connectivity index (χ2n) is 6.36. The molecule has 0 spiro atoms. The van der Waals surface area contributed by atoms with E-state index in [9.17, 15) is 5.11 Å². The Morgan fingerprint density at radius 3 is 1.97 bits per heavy atom. The molecule has 142 valence electrons. The molecule has 0 aliphatic heterocycles. The lowest BCUT2D eigenvalue weighted by Gasteiger charge is -2.10. The van der Waals surface area contributed by atoms with Crippen LogP contribution in [0, 0.1) is 0 Å². The number of halogens is 2. The Morgan fingerprint density at radius 2 is 1.31 bits per heavy atom. The van der Waals surface area contributed by atoms with Gasteiger partial charge >= 0.3 is 0 Å². The van der Waals surface area contributed by atoms with Crippen LogP contribution < -0.4 is 0 Å². The van der Waals surface area contributed by atoms with Gasteiger partial charge in [-0.15, -0.1) is 0 Å². The fraction of sp³-hybridized carbons (Fsp3) is 0. The highest BCUT2D eigenvalue weighted by Crippen LogP contribution is 2.31. The van der Waals surface area contributed by atoms with Gasteiger partial charge in [-0.1, -0.05) is 83.9 Å². The molecule has 1 N–H and O–H groups in total. The molecule has 0 amide bonds. The third-order valence-electron chi connectivity index (χ3n) is 4.36. The number of rotatable bonds is 4. The van der Waals surface area contributed by atoms with Crippen LogP contribution in [0.1, 0.15) is 11.3 Å². The Balaban J connectivity index is 1.89. The maximum Gasteiger partial charge on any atom is 0.161 e. The zero-order valence-electron chi connectivity index (χ0n) is 15.3. The number of hydrogen-bond donors (Lipinski definition) is 1. The Bertz CT molecular complexity index is 1130. The van der Waals surface area contributed by atoms with Crippen molar-refractivity contribution in [2.45, 2.75) is 0 Å². The summed E-state index contributed by atoms with van der Waals surface area (Å²) >= 11 is 12.8. The smallest absolute Gasteiger partial charge is 0.161 e. The van der Waals surface area contributed by atoms with Crippen LogP contribution in [0.5, 0.6) is 0 Å². The van der Waals surface area contributed by atoms with E-state index in [1.54, 1.807) is 18.2 Å². The molecule has 0 fully saturated rings. The Morgan fingerprint density at radius 1 is 0.724 bits per heavy atom. The normalized spacial score (nSPS) is 11.4. The highest BCUT2D eigenvalue weighted by molar-refractivity contribution is 6.33. The summed E-state index contributed by atoms with van der Waals surface area (Å²) in [6, 6.07) is 25.9. The molecule has 0 saturated heterocycles. The van der Waals surface area contributed by atoms with Gasteiger partial charge in [0.05, 0.1) is 16.4 Å². The van der Waals surface area contributed by atoms with E-state index in [-0.39, 0.29) is 5.76 Å². The van der Waals surface area contributed by atoms with Crippen molar-refractivity contribution < 1.29 is 5.11 Å². The van der Waals surface area contributed by atoms with Gasteiger partial charge in [0.25, 0.3) is 0 Å². The first-order valence-corrected chi connectivity index (χ1v) is 9.72. The van der Waals surface area contributed by atoms with Gasteiger partial charge in [0.15, 0.2) is 5.82 Å². The highest BCUT2D eigenvalue weighted by Gasteiger charge is 2.13. The molecule has 4 rings (SSSR count). The van der Waals surface area contributed by atoms with Crippen LogP contribution in [0.2, 0.25) is 10.0 Å². The highest BCUT2D eigenvalue weighted by atomic mass is 35.5. The van der Waals surface area contributed by atoms with Crippen LogP contribution in [0.25, 0.3) is 34.5 Å². The summed E-state index contributed by atoms with van der Waals surface area (Å²) in [6.45, 7) is 0. The van der Waals surface area contributed by atoms with E-state index in [0.717, 1.165) is 5.56 Å². The maximum atomic E-state index is 10.6. The number of nitrogens with zero attached hydrogens (tertiary/aromatic N) is 2. The second-order valence-corrected chi connectivity index (χ2v) is 7.17. The Hall–Kier alpha value is -3.14. The summed E-state index contributed by atoms with van der Waals surface area (Å²) in [7, 11) is 0. The van der Waals surface area contributed by atoms with Crippen molar-refractivity contribution in [2.75, 3.05) is 0 Å². The first-order valence-electron chi connectivity index (χ1n) is 8.97. The molecular formula is C24H16Cl2N2O. The number of benzene rings is 3. The average molecular weight is 419 g/mol. The molecule has 0 aliphatic rings. The topological polar surface area (TPSA) is 46.0 Å². The molecule has 1 aromatic heterocycles. The summed E-state index contributed by atoms with van der Waals surface area (Å²) in [4.78, 5) is 9.29. The van der Waals surface area contributed by atoms with Crippen molar-refractivity contribution in [2.24, 2.45) is 0 Å². The van der Waals surface area contributed by atoms with Gasteiger partial charge in [-0.3, -0.25) is 0 Å². The summed E-state index contributed by atoms with van der Waals surface area (Å²) < 4.78 is 0. The van der Waals surface area contributed by atoms with Crippen LogP contribution in [-0.2, 0) is 0 Å². The number of aliphatic hydroxyl groups excluding tert-OH is 1. The molecule has 1 heterocycles. The van der Waals surface area contributed by atoms with E-state index in [1.807, 2.05) is 72.8 Å². The van der Waals surface area contributed by atoms with Crippen molar-refractivity contribution in [3.63, 3.8) is 0 Å². The molecule has 0 saturated carbocycles. The van der Waals surface area contributed by atoms with Crippen LogP contribution >= 0.6 is 23.2 Å². The monoisotopic (exact) mass is 418 g/mol. The van der Waals surface area contributed by atoms with E-state index in [0.29, 0.717) is 38.4 Å². The minimum atomic E-state index is 0.111.